The first kappa shape index (κ1) is 26.3. The molecule has 2 heterocycles. The molecular weight excluding hydrogens is 516 g/mol. The molecule has 4 aromatic carbocycles. The molecule has 41 heavy (non-hydrogen) atoms. The van der Waals surface area contributed by atoms with E-state index < -0.39 is 5.72 Å². The molecule has 0 spiro atoms. The Hall–Kier alpha value is -4.95. The topological polar surface area (TPSA) is 119 Å². The van der Waals surface area contributed by atoms with Gasteiger partial charge in [0, 0.05) is 36.2 Å². The molecule has 0 saturated carbocycles. The summed E-state index contributed by atoms with van der Waals surface area (Å²) in [6.45, 7) is 2.67. The number of aromatic nitrogens is 2. The fourth-order valence-electron chi connectivity index (χ4n) is 5.48. The Morgan fingerprint density at radius 3 is 2.54 bits per heavy atom. The lowest BCUT2D eigenvalue weighted by Crippen LogP contribution is -2.44. The molecule has 6 rings (SSSR count). The van der Waals surface area contributed by atoms with Crippen LogP contribution in [0.1, 0.15) is 50.2 Å². The number of aromatic hydroxyl groups is 1. The van der Waals surface area contributed by atoms with Crippen molar-refractivity contribution in [2.45, 2.75) is 25.6 Å². The van der Waals surface area contributed by atoms with Crippen molar-refractivity contribution < 1.29 is 19.8 Å². The maximum atomic E-state index is 13.5. The number of imidazole rings is 1. The molecule has 2 amide bonds. The Kier molecular flexibility index (Phi) is 6.77. The van der Waals surface area contributed by atoms with Gasteiger partial charge in [0.25, 0.3) is 11.8 Å². The van der Waals surface area contributed by atoms with Gasteiger partial charge in [-0.2, -0.15) is 0 Å². The molecule has 1 aromatic heterocycles. The van der Waals surface area contributed by atoms with Gasteiger partial charge in [0.05, 0.1) is 16.6 Å². The Labute approximate surface area is 237 Å². The Morgan fingerprint density at radius 1 is 1.00 bits per heavy atom. The summed E-state index contributed by atoms with van der Waals surface area (Å²) < 4.78 is 0. The maximum Gasteiger partial charge on any atom is 0.257 e. The zero-order valence-corrected chi connectivity index (χ0v) is 22.5. The van der Waals surface area contributed by atoms with Crippen molar-refractivity contribution in [2.75, 3.05) is 6.54 Å². The number of carbonyl (C=O) groups excluding carboxylic acids is 2. The Morgan fingerprint density at radius 2 is 1.73 bits per heavy atom. The largest absolute Gasteiger partial charge is 0.507 e. The van der Waals surface area contributed by atoms with Gasteiger partial charge in [0.2, 0.25) is 0 Å². The first-order valence-corrected chi connectivity index (χ1v) is 13.6. The molecule has 8 nitrogen and oxygen atoms in total. The highest BCUT2D eigenvalue weighted by atomic mass is 16.3. The number of amides is 2. The number of hydrogen-bond donors (Lipinski definition) is 4. The minimum atomic E-state index is -1.65. The summed E-state index contributed by atoms with van der Waals surface area (Å²) >= 11 is 0. The zero-order chi connectivity index (χ0) is 28.6. The summed E-state index contributed by atoms with van der Waals surface area (Å²) in [5.41, 5.74) is 2.59. The van der Waals surface area contributed by atoms with Gasteiger partial charge in [-0.25, -0.2) is 4.98 Å². The third-order valence-corrected chi connectivity index (χ3v) is 7.59. The van der Waals surface area contributed by atoms with Gasteiger partial charge in [-0.3, -0.25) is 14.5 Å². The lowest BCUT2D eigenvalue weighted by molar-refractivity contribution is -0.0542. The van der Waals surface area contributed by atoms with E-state index in [1.165, 1.54) is 11.0 Å². The van der Waals surface area contributed by atoms with Crippen molar-refractivity contribution in [2.24, 2.45) is 5.92 Å². The van der Waals surface area contributed by atoms with Crippen molar-refractivity contribution >= 4 is 22.8 Å². The number of phenolic OH excluding ortho intramolecular Hbond substituents is 1. The third kappa shape index (κ3) is 4.83. The van der Waals surface area contributed by atoms with Crippen molar-refractivity contribution in [1.29, 1.82) is 0 Å². The minimum absolute atomic E-state index is 0.0543. The number of benzene rings is 4. The first-order valence-electron chi connectivity index (χ1n) is 13.6. The number of H-pyrrole nitrogens is 1. The molecule has 0 radical (unpaired) electrons. The van der Waals surface area contributed by atoms with Crippen LogP contribution in [0.5, 0.6) is 5.75 Å². The van der Waals surface area contributed by atoms with Crippen LogP contribution in [0.3, 0.4) is 0 Å². The highest BCUT2D eigenvalue weighted by Gasteiger charge is 2.49. The van der Waals surface area contributed by atoms with Crippen LogP contribution in [0.2, 0.25) is 0 Å². The van der Waals surface area contributed by atoms with Gasteiger partial charge in [-0.05, 0) is 41.8 Å². The van der Waals surface area contributed by atoms with Crippen LogP contribution in [0.25, 0.3) is 11.0 Å². The lowest BCUT2D eigenvalue weighted by atomic mass is 9.93. The number of aliphatic hydroxyl groups is 1. The predicted octanol–water partition coefficient (Wildman–Crippen LogP) is 4.73. The minimum Gasteiger partial charge on any atom is -0.507 e. The van der Waals surface area contributed by atoms with Crippen LogP contribution >= 0.6 is 0 Å². The summed E-state index contributed by atoms with van der Waals surface area (Å²) in [4.78, 5) is 35.6. The highest BCUT2D eigenvalue weighted by Crippen LogP contribution is 2.43. The second-order valence-corrected chi connectivity index (χ2v) is 10.5. The van der Waals surface area contributed by atoms with E-state index in [-0.39, 0.29) is 35.6 Å². The van der Waals surface area contributed by atoms with Crippen LogP contribution in [0.15, 0.2) is 97.1 Å². The monoisotopic (exact) mass is 546 g/mol. The number of aromatic amines is 1. The van der Waals surface area contributed by atoms with Crippen LogP contribution in [-0.4, -0.2) is 43.4 Å². The van der Waals surface area contributed by atoms with E-state index in [0.29, 0.717) is 29.7 Å². The first-order chi connectivity index (χ1) is 19.8. The summed E-state index contributed by atoms with van der Waals surface area (Å²) in [7, 11) is 0. The van der Waals surface area contributed by atoms with Crippen LogP contribution in [-0.2, 0) is 18.7 Å². The van der Waals surface area contributed by atoms with Crippen molar-refractivity contribution in [3.8, 4) is 5.75 Å². The van der Waals surface area contributed by atoms with Crippen LogP contribution < -0.4 is 5.32 Å². The van der Waals surface area contributed by atoms with Gasteiger partial charge >= 0.3 is 0 Å². The number of nitrogens with zero attached hydrogens (tertiary/aromatic N) is 2. The summed E-state index contributed by atoms with van der Waals surface area (Å²) in [5, 5.41) is 25.1. The number of hydrogen-bond acceptors (Lipinski definition) is 5. The quantitative estimate of drug-likeness (QED) is 0.225. The van der Waals surface area contributed by atoms with E-state index >= 15 is 0 Å². The molecule has 1 aliphatic heterocycles. The fourth-order valence-corrected chi connectivity index (χ4v) is 5.48. The molecule has 0 fully saturated rings. The molecule has 0 saturated heterocycles. The Balaban J connectivity index is 1.24. The molecule has 0 bridgehead atoms. The van der Waals surface area contributed by atoms with Gasteiger partial charge in [0.15, 0.2) is 5.72 Å². The van der Waals surface area contributed by atoms with E-state index in [9.17, 15) is 19.8 Å². The molecule has 206 valence electrons. The molecular formula is C33H30N4O4. The molecule has 1 aliphatic rings. The highest BCUT2D eigenvalue weighted by molar-refractivity contribution is 6.00. The SMILES string of the molecule is CC(CNC(=O)c1ccccc1O)Cc1nc2ccc(C3(O)c4ccccc4C(=O)N3Cc3ccccc3)cc2[nH]1. The standard InChI is InChI=1S/C33H30N4O4/c1-21(19-34-31(39)25-12-6-8-14-29(25)38)17-30-35-27-16-15-23(18-28(27)36-30)33(41)26-13-7-5-11-24(26)32(40)37(33)20-22-9-3-2-4-10-22/h2-16,18,21,38,41H,17,19-20H2,1H3,(H,34,39)(H,35,36). The van der Waals surface area contributed by atoms with Crippen molar-refractivity contribution in [3.63, 3.8) is 0 Å². The average molecular weight is 547 g/mol. The fraction of sp³-hybridized carbons (Fsp3) is 0.182. The normalized spacial score (nSPS) is 17.0. The van der Waals surface area contributed by atoms with Gasteiger partial charge in [-0.15, -0.1) is 0 Å². The van der Waals surface area contributed by atoms with E-state index in [1.54, 1.807) is 36.4 Å². The second-order valence-electron chi connectivity index (χ2n) is 10.5. The second kappa shape index (κ2) is 10.6. The molecule has 5 aromatic rings. The predicted molar refractivity (Wildman–Crippen MR) is 155 cm³/mol. The van der Waals surface area contributed by atoms with E-state index in [1.807, 2.05) is 61.5 Å². The van der Waals surface area contributed by atoms with E-state index in [4.69, 9.17) is 4.98 Å². The van der Waals surface area contributed by atoms with Gasteiger partial charge < -0.3 is 20.5 Å². The van der Waals surface area contributed by atoms with Gasteiger partial charge in [0.1, 0.15) is 11.6 Å². The van der Waals surface area contributed by atoms with Crippen LogP contribution in [0, 0.1) is 5.92 Å². The number of nitrogens with one attached hydrogen (secondary N) is 2. The van der Waals surface area contributed by atoms with E-state index in [0.717, 1.165) is 22.4 Å². The van der Waals surface area contributed by atoms with Crippen molar-refractivity contribution in [3.05, 3.63) is 131 Å². The number of para-hydroxylation sites is 1. The molecule has 8 heteroatoms. The smallest absolute Gasteiger partial charge is 0.257 e. The number of fused-ring (bicyclic) bond motifs is 2. The molecule has 2 atom stereocenters. The summed E-state index contributed by atoms with van der Waals surface area (Å²) in [6.07, 6.45) is 0.580. The summed E-state index contributed by atoms with van der Waals surface area (Å²) in [6, 6.07) is 28.8. The maximum absolute atomic E-state index is 13.5. The zero-order valence-electron chi connectivity index (χ0n) is 22.5. The Bertz CT molecular complexity index is 1750. The third-order valence-electron chi connectivity index (χ3n) is 7.59. The molecule has 2 unspecified atom stereocenters. The van der Waals surface area contributed by atoms with Crippen molar-refractivity contribution in [1.82, 2.24) is 20.2 Å². The van der Waals surface area contributed by atoms with Gasteiger partial charge in [-0.1, -0.05) is 73.7 Å². The number of carbonyl (C=O) groups is 2. The number of phenols is 1. The lowest BCUT2D eigenvalue weighted by Gasteiger charge is -2.35. The average Bonchev–Trinajstić information content (AvgIpc) is 3.49. The van der Waals surface area contributed by atoms with Crippen LogP contribution in [0.4, 0.5) is 0 Å². The molecule has 4 N–H and O–H groups in total. The van der Waals surface area contributed by atoms with E-state index in [2.05, 4.69) is 10.3 Å². The number of rotatable bonds is 8. The summed E-state index contributed by atoms with van der Waals surface area (Å²) in [5.74, 6) is 0.203. The molecule has 0 aliphatic carbocycles.